The molecule has 0 unspecified atom stereocenters. The van der Waals surface area contributed by atoms with Crippen molar-refractivity contribution in [2.75, 3.05) is 13.2 Å². The van der Waals surface area contributed by atoms with E-state index in [-0.39, 0.29) is 11.4 Å². The molecule has 0 aromatic heterocycles. The molecule has 0 aromatic carbocycles. The summed E-state index contributed by atoms with van der Waals surface area (Å²) < 4.78 is 5.22. The van der Waals surface area contributed by atoms with Gasteiger partial charge >= 0.3 is 0 Å². The number of hydrogen-bond donors (Lipinski definition) is 2. The van der Waals surface area contributed by atoms with Crippen LogP contribution in [0.25, 0.3) is 0 Å². The van der Waals surface area contributed by atoms with Crippen molar-refractivity contribution in [1.29, 1.82) is 0 Å². The number of carbonyl (C=O) groups excluding carboxylic acids is 1. The quantitative estimate of drug-likeness (QED) is 0.639. The smallest absolute Gasteiger partial charge is 0.237 e. The van der Waals surface area contributed by atoms with Gasteiger partial charge in [-0.05, 0) is 26.7 Å². The Balaban J connectivity index is 2.45. The summed E-state index contributed by atoms with van der Waals surface area (Å²) in [4.78, 5) is 11.3. The number of ether oxygens (including phenoxy) is 1. The highest BCUT2D eigenvalue weighted by Crippen LogP contribution is 2.19. The van der Waals surface area contributed by atoms with Crippen molar-refractivity contribution in [1.82, 2.24) is 5.32 Å². The Labute approximate surface area is 78.8 Å². The fourth-order valence-corrected chi connectivity index (χ4v) is 1.36. The summed E-state index contributed by atoms with van der Waals surface area (Å²) in [6, 6.07) is -0.431. The van der Waals surface area contributed by atoms with Crippen LogP contribution >= 0.6 is 0 Å². The molecular weight excluding hydrogens is 168 g/mol. The van der Waals surface area contributed by atoms with Crippen molar-refractivity contribution >= 4 is 5.91 Å². The normalized spacial score (nSPS) is 23.6. The molecule has 0 saturated carbocycles. The van der Waals surface area contributed by atoms with Gasteiger partial charge in [-0.1, -0.05) is 0 Å². The van der Waals surface area contributed by atoms with Gasteiger partial charge in [0.1, 0.15) is 0 Å². The van der Waals surface area contributed by atoms with E-state index in [9.17, 15) is 4.79 Å². The highest BCUT2D eigenvalue weighted by atomic mass is 16.5. The molecule has 3 N–H and O–H groups in total. The van der Waals surface area contributed by atoms with Gasteiger partial charge in [0.2, 0.25) is 5.91 Å². The van der Waals surface area contributed by atoms with E-state index < -0.39 is 6.04 Å². The standard InChI is InChI=1S/C9H18N2O2/c1-7(10)8(12)11-9(2)3-5-13-6-4-9/h7H,3-6,10H2,1-2H3,(H,11,12)/t7-/m1/s1. The molecule has 4 nitrogen and oxygen atoms in total. The lowest BCUT2D eigenvalue weighted by atomic mass is 9.92. The van der Waals surface area contributed by atoms with Crippen LogP contribution in [-0.4, -0.2) is 30.7 Å². The summed E-state index contributed by atoms with van der Waals surface area (Å²) in [6.07, 6.45) is 1.73. The zero-order chi connectivity index (χ0) is 9.90. The summed E-state index contributed by atoms with van der Waals surface area (Å²) >= 11 is 0. The van der Waals surface area contributed by atoms with E-state index in [1.165, 1.54) is 0 Å². The van der Waals surface area contributed by atoms with Gasteiger partial charge in [0.25, 0.3) is 0 Å². The zero-order valence-electron chi connectivity index (χ0n) is 8.30. The minimum absolute atomic E-state index is 0.0793. The molecule has 0 bridgehead atoms. The highest BCUT2D eigenvalue weighted by molar-refractivity contribution is 5.81. The third-order valence-electron chi connectivity index (χ3n) is 2.43. The van der Waals surface area contributed by atoms with Crippen molar-refractivity contribution in [2.24, 2.45) is 5.73 Å². The van der Waals surface area contributed by atoms with Crippen molar-refractivity contribution < 1.29 is 9.53 Å². The van der Waals surface area contributed by atoms with Crippen LogP contribution in [0.2, 0.25) is 0 Å². The number of rotatable bonds is 2. The Morgan fingerprint density at radius 1 is 1.54 bits per heavy atom. The van der Waals surface area contributed by atoms with Crippen LogP contribution in [0.1, 0.15) is 26.7 Å². The van der Waals surface area contributed by atoms with Crippen LogP contribution in [0.15, 0.2) is 0 Å². The van der Waals surface area contributed by atoms with Crippen molar-refractivity contribution in [2.45, 2.75) is 38.3 Å². The lowest BCUT2D eigenvalue weighted by Gasteiger charge is -2.34. The first kappa shape index (κ1) is 10.5. The van der Waals surface area contributed by atoms with Crippen LogP contribution in [0, 0.1) is 0 Å². The molecule has 1 fully saturated rings. The van der Waals surface area contributed by atoms with Crippen LogP contribution in [0.5, 0.6) is 0 Å². The molecule has 0 radical (unpaired) electrons. The Morgan fingerprint density at radius 3 is 2.54 bits per heavy atom. The van der Waals surface area contributed by atoms with Crippen molar-refractivity contribution in [3.8, 4) is 0 Å². The minimum Gasteiger partial charge on any atom is -0.381 e. The van der Waals surface area contributed by atoms with Crippen LogP contribution < -0.4 is 11.1 Å². The van der Waals surface area contributed by atoms with Crippen molar-refractivity contribution in [3.63, 3.8) is 0 Å². The first-order valence-electron chi connectivity index (χ1n) is 4.69. The van der Waals surface area contributed by atoms with E-state index in [0.717, 1.165) is 26.1 Å². The van der Waals surface area contributed by atoms with Gasteiger partial charge < -0.3 is 15.8 Å². The van der Waals surface area contributed by atoms with Gasteiger partial charge in [0.05, 0.1) is 6.04 Å². The second-order valence-electron chi connectivity index (χ2n) is 3.95. The monoisotopic (exact) mass is 186 g/mol. The third kappa shape index (κ3) is 2.97. The fourth-order valence-electron chi connectivity index (χ4n) is 1.36. The SMILES string of the molecule is C[C@@H](N)C(=O)NC1(C)CCOCC1. The molecule has 1 aliphatic heterocycles. The molecule has 1 heterocycles. The summed E-state index contributed by atoms with van der Waals surface area (Å²) in [5.74, 6) is -0.0793. The number of amides is 1. The molecule has 1 amide bonds. The maximum atomic E-state index is 11.3. The van der Waals surface area contributed by atoms with Crippen LogP contribution in [0.4, 0.5) is 0 Å². The zero-order valence-corrected chi connectivity index (χ0v) is 8.30. The van der Waals surface area contributed by atoms with E-state index >= 15 is 0 Å². The summed E-state index contributed by atoms with van der Waals surface area (Å²) in [5.41, 5.74) is 5.35. The first-order chi connectivity index (χ1) is 6.03. The van der Waals surface area contributed by atoms with E-state index in [2.05, 4.69) is 5.32 Å². The first-order valence-corrected chi connectivity index (χ1v) is 4.69. The number of hydrogen-bond acceptors (Lipinski definition) is 3. The Morgan fingerprint density at radius 2 is 2.08 bits per heavy atom. The maximum absolute atomic E-state index is 11.3. The van der Waals surface area contributed by atoms with Crippen LogP contribution in [0.3, 0.4) is 0 Å². The molecule has 1 saturated heterocycles. The molecule has 1 rings (SSSR count). The molecular formula is C9H18N2O2. The van der Waals surface area contributed by atoms with E-state index in [4.69, 9.17) is 10.5 Å². The minimum atomic E-state index is -0.431. The number of nitrogens with one attached hydrogen (secondary N) is 1. The molecule has 1 atom stereocenters. The second kappa shape index (κ2) is 4.07. The average Bonchev–Trinajstić information content (AvgIpc) is 2.04. The third-order valence-corrected chi connectivity index (χ3v) is 2.43. The highest BCUT2D eigenvalue weighted by Gasteiger charge is 2.29. The lowest BCUT2D eigenvalue weighted by molar-refractivity contribution is -0.124. The molecule has 76 valence electrons. The van der Waals surface area contributed by atoms with Gasteiger partial charge in [0, 0.05) is 18.8 Å². The molecule has 13 heavy (non-hydrogen) atoms. The second-order valence-corrected chi connectivity index (χ2v) is 3.95. The lowest BCUT2D eigenvalue weighted by Crippen LogP contribution is -2.53. The maximum Gasteiger partial charge on any atom is 0.237 e. The summed E-state index contributed by atoms with van der Waals surface area (Å²) in [5, 5.41) is 2.95. The Kier molecular flexibility index (Phi) is 3.27. The molecule has 0 aliphatic carbocycles. The fraction of sp³-hybridized carbons (Fsp3) is 0.889. The van der Waals surface area contributed by atoms with E-state index in [1.54, 1.807) is 6.92 Å². The van der Waals surface area contributed by atoms with Crippen molar-refractivity contribution in [3.05, 3.63) is 0 Å². The van der Waals surface area contributed by atoms with E-state index in [0.29, 0.717) is 0 Å². The predicted octanol–water partition coefficient (Wildman–Crippen LogP) is 0.0189. The van der Waals surface area contributed by atoms with Crippen LogP contribution in [-0.2, 0) is 9.53 Å². The Hall–Kier alpha value is -0.610. The largest absolute Gasteiger partial charge is 0.381 e. The molecule has 0 aromatic rings. The van der Waals surface area contributed by atoms with Gasteiger partial charge in [-0.25, -0.2) is 0 Å². The van der Waals surface area contributed by atoms with Gasteiger partial charge in [0.15, 0.2) is 0 Å². The molecule has 0 spiro atoms. The van der Waals surface area contributed by atoms with Gasteiger partial charge in [-0.3, -0.25) is 4.79 Å². The van der Waals surface area contributed by atoms with E-state index in [1.807, 2.05) is 6.92 Å². The summed E-state index contributed by atoms with van der Waals surface area (Å²) in [7, 11) is 0. The summed E-state index contributed by atoms with van der Waals surface area (Å²) in [6.45, 7) is 5.17. The number of carbonyl (C=O) groups is 1. The Bertz CT molecular complexity index is 186. The topological polar surface area (TPSA) is 64.4 Å². The molecule has 4 heteroatoms. The number of nitrogens with two attached hydrogens (primary N) is 1. The predicted molar refractivity (Wildman–Crippen MR) is 50.3 cm³/mol. The van der Waals surface area contributed by atoms with Gasteiger partial charge in [-0.2, -0.15) is 0 Å². The van der Waals surface area contributed by atoms with Gasteiger partial charge in [-0.15, -0.1) is 0 Å². The average molecular weight is 186 g/mol. The molecule has 1 aliphatic rings.